The van der Waals surface area contributed by atoms with Gasteiger partial charge in [0.15, 0.2) is 18.0 Å². The summed E-state index contributed by atoms with van der Waals surface area (Å²) in [5.41, 5.74) is 2.01. The smallest absolute Gasteiger partial charge is 0.279 e. The first-order chi connectivity index (χ1) is 13.2. The van der Waals surface area contributed by atoms with E-state index >= 15 is 0 Å². The number of hydrogen-bond acceptors (Lipinski definition) is 3. The molecule has 2 aromatic rings. The van der Waals surface area contributed by atoms with Crippen LogP contribution in [-0.2, 0) is 11.3 Å². The Morgan fingerprint density at radius 1 is 1.00 bits per heavy atom. The summed E-state index contributed by atoms with van der Waals surface area (Å²) in [4.78, 5) is 15.2. The Balaban J connectivity index is 1.23. The summed E-state index contributed by atoms with van der Waals surface area (Å²) in [5, 5.41) is 3.75. The first-order valence-corrected chi connectivity index (χ1v) is 9.64. The van der Waals surface area contributed by atoms with Crippen LogP contribution in [0.25, 0.3) is 0 Å². The van der Waals surface area contributed by atoms with Crippen LogP contribution in [0.3, 0.4) is 0 Å². The number of benzene rings is 2. The van der Waals surface area contributed by atoms with E-state index in [9.17, 15) is 4.79 Å². The third-order valence-electron chi connectivity index (χ3n) is 5.07. The van der Waals surface area contributed by atoms with Crippen molar-refractivity contribution in [2.24, 2.45) is 0 Å². The van der Waals surface area contributed by atoms with Crippen LogP contribution in [0, 0.1) is 0 Å². The molecule has 2 heterocycles. The molecule has 0 saturated carbocycles. The van der Waals surface area contributed by atoms with Crippen molar-refractivity contribution in [3.05, 3.63) is 53.1 Å². The zero-order valence-corrected chi connectivity index (χ0v) is 15.8. The maximum absolute atomic E-state index is 12.4. The highest BCUT2D eigenvalue weighted by Gasteiger charge is 2.25. The third-order valence-corrected chi connectivity index (χ3v) is 5.31. The highest BCUT2D eigenvalue weighted by Crippen LogP contribution is 2.34. The number of nitrogens with one attached hydrogen (secondary N) is 3. The van der Waals surface area contributed by atoms with Gasteiger partial charge in [-0.2, -0.15) is 0 Å². The van der Waals surface area contributed by atoms with Crippen molar-refractivity contribution in [1.82, 2.24) is 0 Å². The SMILES string of the molecule is O=C(C[NH+]1CC[NH+](Cc2cccc(Cl)c2)CC1)Nc1ccc2c(c1)OCO2. The molecule has 0 unspecified atom stereocenters. The Morgan fingerprint density at radius 3 is 2.59 bits per heavy atom. The van der Waals surface area contributed by atoms with Crippen LogP contribution in [0.1, 0.15) is 5.56 Å². The van der Waals surface area contributed by atoms with Gasteiger partial charge in [-0.3, -0.25) is 4.79 Å². The van der Waals surface area contributed by atoms with Gasteiger partial charge in [-0.05, 0) is 24.3 Å². The first-order valence-electron chi connectivity index (χ1n) is 9.27. The van der Waals surface area contributed by atoms with E-state index in [2.05, 4.69) is 11.4 Å². The molecule has 1 fully saturated rings. The minimum Gasteiger partial charge on any atom is -0.454 e. The third kappa shape index (κ3) is 4.71. The number of anilines is 1. The van der Waals surface area contributed by atoms with Crippen LogP contribution >= 0.6 is 11.6 Å². The number of quaternary nitrogens is 2. The predicted octanol–water partition coefficient (Wildman–Crippen LogP) is -0.00920. The van der Waals surface area contributed by atoms with Crippen molar-refractivity contribution >= 4 is 23.2 Å². The van der Waals surface area contributed by atoms with Gasteiger partial charge in [0, 0.05) is 22.3 Å². The molecule has 0 aromatic heterocycles. The Morgan fingerprint density at radius 2 is 1.78 bits per heavy atom. The highest BCUT2D eigenvalue weighted by atomic mass is 35.5. The van der Waals surface area contributed by atoms with Gasteiger partial charge >= 0.3 is 0 Å². The molecule has 27 heavy (non-hydrogen) atoms. The second kappa shape index (κ2) is 8.17. The average Bonchev–Trinajstić information content (AvgIpc) is 3.11. The minimum absolute atomic E-state index is 0.0298. The Bertz CT molecular complexity index is 822. The van der Waals surface area contributed by atoms with Gasteiger partial charge in [0.25, 0.3) is 5.91 Å². The second-order valence-corrected chi connectivity index (χ2v) is 7.54. The fourth-order valence-electron chi connectivity index (χ4n) is 3.65. The number of carbonyl (C=O) groups excluding carboxylic acids is 1. The van der Waals surface area contributed by atoms with Crippen LogP contribution in [0.2, 0.25) is 5.02 Å². The summed E-state index contributed by atoms with van der Waals surface area (Å²) < 4.78 is 10.6. The van der Waals surface area contributed by atoms with Gasteiger partial charge in [0.05, 0.1) is 0 Å². The zero-order valence-electron chi connectivity index (χ0n) is 15.1. The monoisotopic (exact) mass is 389 g/mol. The lowest BCUT2D eigenvalue weighted by Gasteiger charge is -2.29. The van der Waals surface area contributed by atoms with Crippen LogP contribution in [-0.4, -0.2) is 45.4 Å². The van der Waals surface area contributed by atoms with Gasteiger partial charge < -0.3 is 24.6 Å². The van der Waals surface area contributed by atoms with Gasteiger partial charge in [-0.25, -0.2) is 0 Å². The molecule has 7 heteroatoms. The van der Waals surface area contributed by atoms with E-state index in [1.807, 2.05) is 36.4 Å². The maximum atomic E-state index is 12.4. The maximum Gasteiger partial charge on any atom is 0.279 e. The first kappa shape index (κ1) is 18.1. The quantitative estimate of drug-likeness (QED) is 0.674. The van der Waals surface area contributed by atoms with E-state index in [1.165, 1.54) is 15.4 Å². The molecule has 0 radical (unpaired) electrons. The predicted molar refractivity (Wildman–Crippen MR) is 103 cm³/mol. The van der Waals surface area contributed by atoms with Crippen molar-refractivity contribution in [3.63, 3.8) is 0 Å². The van der Waals surface area contributed by atoms with Crippen LogP contribution < -0.4 is 24.6 Å². The Hall–Kier alpha value is -2.28. The van der Waals surface area contributed by atoms with Crippen LogP contribution in [0.15, 0.2) is 42.5 Å². The Labute approximate surface area is 163 Å². The summed E-state index contributed by atoms with van der Waals surface area (Å²) in [7, 11) is 0. The fourth-order valence-corrected chi connectivity index (χ4v) is 3.87. The highest BCUT2D eigenvalue weighted by molar-refractivity contribution is 6.30. The molecule has 2 aliphatic heterocycles. The fraction of sp³-hybridized carbons (Fsp3) is 0.350. The van der Waals surface area contributed by atoms with Gasteiger partial charge in [0.2, 0.25) is 6.79 Å². The molecular formula is C20H24ClN3O3+2. The van der Waals surface area contributed by atoms with Gasteiger partial charge in [0.1, 0.15) is 32.7 Å². The van der Waals surface area contributed by atoms with Crippen molar-refractivity contribution < 1.29 is 24.1 Å². The van der Waals surface area contributed by atoms with Gasteiger partial charge in [-0.1, -0.05) is 23.7 Å². The molecule has 1 amide bonds. The molecule has 6 nitrogen and oxygen atoms in total. The van der Waals surface area contributed by atoms with Crippen LogP contribution in [0.5, 0.6) is 11.5 Å². The van der Waals surface area contributed by atoms with Crippen molar-refractivity contribution in [3.8, 4) is 11.5 Å². The lowest BCUT2D eigenvalue weighted by Crippen LogP contribution is -3.28. The molecule has 4 rings (SSSR count). The van der Waals surface area contributed by atoms with Gasteiger partial charge in [-0.15, -0.1) is 0 Å². The summed E-state index contributed by atoms with van der Waals surface area (Å²) in [6.45, 7) is 5.79. The van der Waals surface area contributed by atoms with Crippen molar-refractivity contribution in [1.29, 1.82) is 0 Å². The second-order valence-electron chi connectivity index (χ2n) is 7.10. The Kier molecular flexibility index (Phi) is 5.48. The number of hydrogen-bond donors (Lipinski definition) is 3. The molecule has 2 aromatic carbocycles. The summed E-state index contributed by atoms with van der Waals surface area (Å²) in [6.07, 6.45) is 0. The lowest BCUT2D eigenvalue weighted by molar-refractivity contribution is -1.02. The lowest BCUT2D eigenvalue weighted by atomic mass is 10.2. The van der Waals surface area contributed by atoms with Crippen molar-refractivity contribution in [2.75, 3.05) is 44.8 Å². The molecule has 142 valence electrons. The average molecular weight is 390 g/mol. The van der Waals surface area contributed by atoms with E-state index in [-0.39, 0.29) is 12.7 Å². The van der Waals surface area contributed by atoms with E-state index in [0.29, 0.717) is 12.3 Å². The molecule has 0 spiro atoms. The molecule has 1 saturated heterocycles. The molecule has 0 aliphatic carbocycles. The summed E-state index contributed by atoms with van der Waals surface area (Å²) in [5.74, 6) is 1.43. The number of fused-ring (bicyclic) bond motifs is 1. The number of piperazine rings is 1. The van der Waals surface area contributed by atoms with E-state index in [0.717, 1.165) is 49.2 Å². The zero-order chi connectivity index (χ0) is 18.6. The summed E-state index contributed by atoms with van der Waals surface area (Å²) >= 11 is 6.07. The molecule has 0 bridgehead atoms. The minimum atomic E-state index is 0.0298. The number of ether oxygens (including phenoxy) is 2. The molecule has 0 atom stereocenters. The number of rotatable bonds is 5. The normalized spacial score (nSPS) is 21.1. The standard InChI is InChI=1S/C20H22ClN3O3/c21-16-3-1-2-15(10-16)12-23-6-8-24(9-7-23)13-20(25)22-17-4-5-18-19(11-17)27-14-26-18/h1-5,10-11H,6-9,12-14H2,(H,22,25)/p+2. The summed E-state index contributed by atoms with van der Waals surface area (Å²) in [6, 6.07) is 13.5. The molecule has 3 N–H and O–H groups in total. The number of halogens is 1. The topological polar surface area (TPSA) is 56.4 Å². The number of carbonyl (C=O) groups is 1. The van der Waals surface area contributed by atoms with E-state index in [4.69, 9.17) is 21.1 Å². The van der Waals surface area contributed by atoms with Crippen molar-refractivity contribution in [2.45, 2.75) is 6.54 Å². The number of amides is 1. The van der Waals surface area contributed by atoms with Crippen LogP contribution in [0.4, 0.5) is 5.69 Å². The van der Waals surface area contributed by atoms with E-state index in [1.54, 1.807) is 0 Å². The molecular weight excluding hydrogens is 366 g/mol. The largest absolute Gasteiger partial charge is 0.454 e. The van der Waals surface area contributed by atoms with E-state index < -0.39 is 0 Å². The molecule has 2 aliphatic rings.